The first-order valence-electron chi connectivity index (χ1n) is 9.86. The monoisotopic (exact) mass is 403 g/mol. The van der Waals surface area contributed by atoms with Crippen molar-refractivity contribution >= 4 is 17.7 Å². The van der Waals surface area contributed by atoms with Crippen LogP contribution in [0, 0.1) is 23.6 Å². The maximum absolute atomic E-state index is 13.8. The first-order chi connectivity index (χ1) is 13.5. The van der Waals surface area contributed by atoms with Crippen LogP contribution in [0.1, 0.15) is 44.0 Å². The molecule has 2 aliphatic carbocycles. The molecule has 2 fully saturated rings. The number of benzene rings is 1. The van der Waals surface area contributed by atoms with Crippen LogP contribution in [0.5, 0.6) is 0 Å². The number of nitrogens with zero attached hydrogens (tertiary/aromatic N) is 3. The first kappa shape index (κ1) is 19.2. The van der Waals surface area contributed by atoms with Gasteiger partial charge in [-0.3, -0.25) is 4.79 Å². The van der Waals surface area contributed by atoms with Crippen LogP contribution in [0.4, 0.5) is 4.39 Å². The second-order valence-corrected chi connectivity index (χ2v) is 8.96. The molecule has 0 radical (unpaired) electrons. The summed E-state index contributed by atoms with van der Waals surface area (Å²) in [7, 11) is 0. The van der Waals surface area contributed by atoms with E-state index < -0.39 is 0 Å². The van der Waals surface area contributed by atoms with Gasteiger partial charge in [0.1, 0.15) is 5.82 Å². The molecular formula is C20H26FN5OS. The molecule has 1 aromatic heterocycles. The lowest BCUT2D eigenvalue weighted by molar-refractivity contribution is -0.119. The van der Waals surface area contributed by atoms with Crippen molar-refractivity contribution in [3.05, 3.63) is 41.5 Å². The van der Waals surface area contributed by atoms with Gasteiger partial charge in [0.15, 0.2) is 5.82 Å². The molecule has 3 N–H and O–H groups in total. The Labute approximate surface area is 168 Å². The summed E-state index contributed by atoms with van der Waals surface area (Å²) < 4.78 is 15.2. The van der Waals surface area contributed by atoms with E-state index in [-0.39, 0.29) is 29.9 Å². The Bertz CT molecular complexity index is 857. The van der Waals surface area contributed by atoms with Crippen LogP contribution < -0.4 is 11.2 Å². The lowest BCUT2D eigenvalue weighted by atomic mass is 9.84. The maximum Gasteiger partial charge on any atom is 0.230 e. The van der Waals surface area contributed by atoms with Crippen LogP contribution in [-0.2, 0) is 11.2 Å². The van der Waals surface area contributed by atoms with E-state index in [2.05, 4.69) is 22.4 Å². The average molecular weight is 404 g/mol. The lowest BCUT2D eigenvalue weighted by Gasteiger charge is -2.28. The normalized spacial score (nSPS) is 24.4. The molecule has 28 heavy (non-hydrogen) atoms. The maximum atomic E-state index is 13.8. The third-order valence-electron chi connectivity index (χ3n) is 6.20. The van der Waals surface area contributed by atoms with Gasteiger partial charge in [-0.25, -0.2) is 9.07 Å². The SMILES string of the molecule is C[C@@H](NC(=O)CSc1nnc(Cc2ccccc2F)n1N)[C@H]1C[C@H]2CC[C@H]1C2. The fourth-order valence-electron chi connectivity index (χ4n) is 4.78. The summed E-state index contributed by atoms with van der Waals surface area (Å²) in [6.45, 7) is 2.12. The molecule has 4 rings (SSSR count). The minimum atomic E-state index is -0.298. The standard InChI is InChI=1S/C20H26FN5OS/c1-12(16-9-13-6-7-14(16)8-13)23-19(27)11-28-20-25-24-18(26(20)22)10-15-4-2-3-5-17(15)21/h2-5,12-14,16H,6-11,22H2,1H3,(H,23,27)/t12-,13+,14+,16-/m1/s1. The third kappa shape index (κ3) is 4.01. The number of carbonyl (C=O) groups excluding carboxylic acids is 1. The molecule has 1 amide bonds. The lowest BCUT2D eigenvalue weighted by Crippen LogP contribution is -2.41. The van der Waals surface area contributed by atoms with Crippen molar-refractivity contribution in [2.24, 2.45) is 17.8 Å². The van der Waals surface area contributed by atoms with E-state index in [1.807, 2.05) is 0 Å². The number of rotatable bonds is 7. The molecule has 2 aliphatic rings. The van der Waals surface area contributed by atoms with Crippen LogP contribution >= 0.6 is 11.8 Å². The Kier molecular flexibility index (Phi) is 5.57. The number of nitrogen functional groups attached to an aromatic ring is 1. The van der Waals surface area contributed by atoms with Crippen LogP contribution in [0.3, 0.4) is 0 Å². The second-order valence-electron chi connectivity index (χ2n) is 8.02. The summed E-state index contributed by atoms with van der Waals surface area (Å²) in [6.07, 6.45) is 5.51. The number of hydrogen-bond donors (Lipinski definition) is 2. The van der Waals surface area contributed by atoms with Gasteiger partial charge in [-0.2, -0.15) is 0 Å². The predicted octanol–water partition coefficient (Wildman–Crippen LogP) is 2.75. The van der Waals surface area contributed by atoms with Crippen molar-refractivity contribution in [3.63, 3.8) is 0 Å². The van der Waals surface area contributed by atoms with Crippen molar-refractivity contribution in [2.45, 2.75) is 50.2 Å². The minimum Gasteiger partial charge on any atom is -0.353 e. The molecular weight excluding hydrogens is 377 g/mol. The summed E-state index contributed by atoms with van der Waals surface area (Å²) in [5.41, 5.74) is 0.510. The van der Waals surface area contributed by atoms with Crippen LogP contribution in [0.15, 0.2) is 29.4 Å². The third-order valence-corrected chi connectivity index (χ3v) is 7.14. The Morgan fingerprint density at radius 2 is 2.18 bits per heavy atom. The molecule has 0 spiro atoms. The summed E-state index contributed by atoms with van der Waals surface area (Å²) in [5, 5.41) is 11.7. The second kappa shape index (κ2) is 8.11. The first-order valence-corrected chi connectivity index (χ1v) is 10.8. The number of hydrogen-bond acceptors (Lipinski definition) is 5. The zero-order chi connectivity index (χ0) is 19.7. The number of nitrogens with two attached hydrogens (primary N) is 1. The molecule has 150 valence electrons. The van der Waals surface area contributed by atoms with Gasteiger partial charge in [0.05, 0.1) is 5.75 Å². The number of nitrogens with one attached hydrogen (secondary N) is 1. The highest BCUT2D eigenvalue weighted by atomic mass is 32.2. The van der Waals surface area contributed by atoms with E-state index in [0.29, 0.717) is 22.5 Å². The minimum absolute atomic E-state index is 0.0149. The van der Waals surface area contributed by atoms with E-state index in [4.69, 9.17) is 5.84 Å². The molecule has 4 atom stereocenters. The van der Waals surface area contributed by atoms with Crippen LogP contribution in [0.2, 0.25) is 0 Å². The molecule has 0 aliphatic heterocycles. The molecule has 1 aromatic carbocycles. The van der Waals surface area contributed by atoms with Crippen molar-refractivity contribution in [3.8, 4) is 0 Å². The largest absolute Gasteiger partial charge is 0.353 e. The van der Waals surface area contributed by atoms with E-state index in [1.165, 1.54) is 48.2 Å². The van der Waals surface area contributed by atoms with Gasteiger partial charge in [-0.15, -0.1) is 10.2 Å². The highest BCUT2D eigenvalue weighted by molar-refractivity contribution is 7.99. The Balaban J connectivity index is 1.29. The Morgan fingerprint density at radius 1 is 1.36 bits per heavy atom. The van der Waals surface area contributed by atoms with Crippen molar-refractivity contribution in [1.29, 1.82) is 0 Å². The number of fused-ring (bicyclic) bond motifs is 2. The zero-order valence-corrected chi connectivity index (χ0v) is 16.8. The van der Waals surface area contributed by atoms with Gasteiger partial charge in [-0.05, 0) is 55.6 Å². The zero-order valence-electron chi connectivity index (χ0n) is 16.0. The number of halogens is 1. The van der Waals surface area contributed by atoms with Gasteiger partial charge in [0, 0.05) is 12.5 Å². The van der Waals surface area contributed by atoms with Crippen LogP contribution in [-0.4, -0.2) is 32.6 Å². The van der Waals surface area contributed by atoms with E-state index in [1.54, 1.807) is 18.2 Å². The van der Waals surface area contributed by atoms with E-state index in [0.717, 1.165) is 11.8 Å². The average Bonchev–Trinajstić information content (AvgIpc) is 3.39. The van der Waals surface area contributed by atoms with Gasteiger partial charge in [0.2, 0.25) is 11.1 Å². The van der Waals surface area contributed by atoms with Gasteiger partial charge in [0.25, 0.3) is 0 Å². The molecule has 6 nitrogen and oxygen atoms in total. The number of aromatic nitrogens is 3. The number of carbonyl (C=O) groups is 1. The predicted molar refractivity (Wildman–Crippen MR) is 107 cm³/mol. The Hall–Kier alpha value is -2.09. The van der Waals surface area contributed by atoms with Gasteiger partial charge in [-0.1, -0.05) is 36.4 Å². The highest BCUT2D eigenvalue weighted by Gasteiger charge is 2.42. The molecule has 0 saturated heterocycles. The quantitative estimate of drug-likeness (QED) is 0.548. The summed E-state index contributed by atoms with van der Waals surface area (Å²) >= 11 is 1.25. The topological polar surface area (TPSA) is 85.8 Å². The smallest absolute Gasteiger partial charge is 0.230 e. The number of thioether (sulfide) groups is 1. The van der Waals surface area contributed by atoms with Crippen LogP contribution in [0.25, 0.3) is 0 Å². The number of amides is 1. The summed E-state index contributed by atoms with van der Waals surface area (Å²) in [4.78, 5) is 12.4. The summed E-state index contributed by atoms with van der Waals surface area (Å²) in [6, 6.07) is 6.72. The fraction of sp³-hybridized carbons (Fsp3) is 0.550. The molecule has 2 saturated carbocycles. The molecule has 0 unspecified atom stereocenters. The molecule has 1 heterocycles. The van der Waals surface area contributed by atoms with Crippen molar-refractivity contribution < 1.29 is 9.18 Å². The fourth-order valence-corrected chi connectivity index (χ4v) is 5.46. The van der Waals surface area contributed by atoms with E-state index in [9.17, 15) is 9.18 Å². The summed E-state index contributed by atoms with van der Waals surface area (Å²) in [5.74, 6) is 8.69. The van der Waals surface area contributed by atoms with Gasteiger partial charge >= 0.3 is 0 Å². The Morgan fingerprint density at radius 3 is 2.89 bits per heavy atom. The highest BCUT2D eigenvalue weighted by Crippen LogP contribution is 2.49. The molecule has 2 bridgehead atoms. The van der Waals surface area contributed by atoms with Gasteiger partial charge < -0.3 is 11.2 Å². The molecule has 2 aromatic rings. The van der Waals surface area contributed by atoms with E-state index >= 15 is 0 Å². The van der Waals surface area contributed by atoms with Crippen molar-refractivity contribution in [2.75, 3.05) is 11.6 Å². The van der Waals surface area contributed by atoms with Crippen molar-refractivity contribution in [1.82, 2.24) is 20.2 Å². The molecule has 8 heteroatoms.